The van der Waals surface area contributed by atoms with E-state index in [9.17, 15) is 13.2 Å². The van der Waals surface area contributed by atoms with Crippen LogP contribution in [0, 0.1) is 0 Å². The molecule has 116 valence electrons. The highest BCUT2D eigenvalue weighted by Gasteiger charge is 2.15. The van der Waals surface area contributed by atoms with Crippen molar-refractivity contribution < 1.29 is 13.2 Å². The van der Waals surface area contributed by atoms with Crippen LogP contribution in [0.2, 0.25) is 0 Å². The Balaban J connectivity index is 2.76. The smallest absolute Gasteiger partial charge is 0.251 e. The summed E-state index contributed by atoms with van der Waals surface area (Å²) < 4.78 is 26.3. The van der Waals surface area contributed by atoms with E-state index in [1.807, 2.05) is 0 Å². The van der Waals surface area contributed by atoms with Crippen LogP contribution in [-0.4, -0.2) is 34.0 Å². The zero-order chi connectivity index (χ0) is 15.7. The van der Waals surface area contributed by atoms with E-state index in [1.54, 1.807) is 6.07 Å². The van der Waals surface area contributed by atoms with E-state index in [1.165, 1.54) is 24.3 Å². The average molecular weight is 311 g/mol. The van der Waals surface area contributed by atoms with Crippen molar-refractivity contribution in [1.82, 2.24) is 10.0 Å². The SMILES string of the molecule is C=CCNS(=O)(=O)c1cccc(C(=O)NCCCCN)c1. The lowest BCUT2D eigenvalue weighted by molar-refractivity contribution is 0.0953. The van der Waals surface area contributed by atoms with E-state index in [4.69, 9.17) is 5.73 Å². The fourth-order valence-corrected chi connectivity index (χ4v) is 2.67. The van der Waals surface area contributed by atoms with Gasteiger partial charge in [0.05, 0.1) is 4.90 Å². The fourth-order valence-electron chi connectivity index (χ4n) is 1.63. The molecule has 7 heteroatoms. The van der Waals surface area contributed by atoms with Gasteiger partial charge in [-0.1, -0.05) is 12.1 Å². The van der Waals surface area contributed by atoms with Gasteiger partial charge in [0.1, 0.15) is 0 Å². The van der Waals surface area contributed by atoms with Gasteiger partial charge in [-0.15, -0.1) is 6.58 Å². The first-order chi connectivity index (χ1) is 10.0. The average Bonchev–Trinajstić information content (AvgIpc) is 2.49. The Kier molecular flexibility index (Phi) is 7.07. The molecule has 1 aromatic carbocycles. The minimum Gasteiger partial charge on any atom is -0.352 e. The molecule has 0 aliphatic rings. The van der Waals surface area contributed by atoms with Crippen LogP contribution in [0.3, 0.4) is 0 Å². The van der Waals surface area contributed by atoms with Gasteiger partial charge in [0, 0.05) is 18.7 Å². The van der Waals surface area contributed by atoms with Gasteiger partial charge in [-0.3, -0.25) is 4.79 Å². The van der Waals surface area contributed by atoms with Crippen molar-refractivity contribution in [1.29, 1.82) is 0 Å². The summed E-state index contributed by atoms with van der Waals surface area (Å²) in [6.07, 6.45) is 3.08. The number of sulfonamides is 1. The van der Waals surface area contributed by atoms with Crippen molar-refractivity contribution in [2.24, 2.45) is 5.73 Å². The van der Waals surface area contributed by atoms with Crippen molar-refractivity contribution in [2.75, 3.05) is 19.6 Å². The Bertz CT molecular complexity index is 585. The second-order valence-electron chi connectivity index (χ2n) is 4.42. The zero-order valence-electron chi connectivity index (χ0n) is 11.8. The molecule has 1 amide bonds. The number of amides is 1. The van der Waals surface area contributed by atoms with Crippen LogP contribution in [0.25, 0.3) is 0 Å². The van der Waals surface area contributed by atoms with Gasteiger partial charge in [0.25, 0.3) is 5.91 Å². The maximum absolute atomic E-state index is 12.0. The number of carbonyl (C=O) groups excluding carboxylic acids is 1. The number of hydrogen-bond acceptors (Lipinski definition) is 4. The summed E-state index contributed by atoms with van der Waals surface area (Å²) in [5.41, 5.74) is 5.68. The quantitative estimate of drug-likeness (QED) is 0.459. The summed E-state index contributed by atoms with van der Waals surface area (Å²) in [6.45, 7) is 4.69. The number of benzene rings is 1. The van der Waals surface area contributed by atoms with E-state index < -0.39 is 10.0 Å². The van der Waals surface area contributed by atoms with E-state index in [0.717, 1.165) is 12.8 Å². The second-order valence-corrected chi connectivity index (χ2v) is 6.19. The Morgan fingerprint density at radius 1 is 1.33 bits per heavy atom. The largest absolute Gasteiger partial charge is 0.352 e. The first-order valence-corrected chi connectivity index (χ1v) is 8.18. The van der Waals surface area contributed by atoms with Gasteiger partial charge < -0.3 is 11.1 Å². The van der Waals surface area contributed by atoms with Crippen LogP contribution in [0.5, 0.6) is 0 Å². The number of nitrogens with two attached hydrogens (primary N) is 1. The van der Waals surface area contributed by atoms with Gasteiger partial charge in [-0.2, -0.15) is 0 Å². The third-order valence-electron chi connectivity index (χ3n) is 2.74. The molecule has 0 aromatic heterocycles. The summed E-state index contributed by atoms with van der Waals surface area (Å²) in [6, 6.07) is 5.91. The standard InChI is InChI=1S/C14H21N3O3S/c1-2-9-17-21(19,20)13-7-5-6-12(11-13)14(18)16-10-4-3-8-15/h2,5-7,11,17H,1,3-4,8-10,15H2,(H,16,18). The molecule has 0 bridgehead atoms. The summed E-state index contributed by atoms with van der Waals surface area (Å²) in [7, 11) is -3.63. The number of nitrogens with one attached hydrogen (secondary N) is 2. The highest BCUT2D eigenvalue weighted by atomic mass is 32.2. The topological polar surface area (TPSA) is 101 Å². The van der Waals surface area contributed by atoms with Gasteiger partial charge in [0.15, 0.2) is 0 Å². The molecule has 4 N–H and O–H groups in total. The van der Waals surface area contributed by atoms with Crippen LogP contribution < -0.4 is 15.8 Å². The summed E-state index contributed by atoms with van der Waals surface area (Å²) >= 11 is 0. The van der Waals surface area contributed by atoms with Crippen molar-refractivity contribution in [2.45, 2.75) is 17.7 Å². The number of carbonyl (C=O) groups is 1. The predicted molar refractivity (Wildman–Crippen MR) is 82.4 cm³/mol. The molecule has 0 saturated heterocycles. The Hall–Kier alpha value is -1.70. The van der Waals surface area contributed by atoms with Crippen LogP contribution >= 0.6 is 0 Å². The molecule has 0 heterocycles. The third kappa shape index (κ3) is 5.66. The maximum atomic E-state index is 12.0. The molecule has 0 saturated carbocycles. The van der Waals surface area contributed by atoms with E-state index in [0.29, 0.717) is 18.7 Å². The Labute approximate surface area is 125 Å². The second kappa shape index (κ2) is 8.56. The Morgan fingerprint density at radius 2 is 2.10 bits per heavy atom. The van der Waals surface area contributed by atoms with Gasteiger partial charge in [0.2, 0.25) is 10.0 Å². The minimum atomic E-state index is -3.63. The molecule has 0 aliphatic carbocycles. The molecule has 0 aliphatic heterocycles. The van der Waals surface area contributed by atoms with Gasteiger partial charge >= 0.3 is 0 Å². The maximum Gasteiger partial charge on any atom is 0.251 e. The lowest BCUT2D eigenvalue weighted by atomic mass is 10.2. The van der Waals surface area contributed by atoms with Gasteiger partial charge in [-0.05, 0) is 37.6 Å². The highest BCUT2D eigenvalue weighted by molar-refractivity contribution is 7.89. The molecule has 21 heavy (non-hydrogen) atoms. The van der Waals surface area contributed by atoms with Crippen LogP contribution in [-0.2, 0) is 10.0 Å². The molecule has 0 radical (unpaired) electrons. The lowest BCUT2D eigenvalue weighted by Gasteiger charge is -2.08. The van der Waals surface area contributed by atoms with Gasteiger partial charge in [-0.25, -0.2) is 13.1 Å². The van der Waals surface area contributed by atoms with Crippen LogP contribution in [0.15, 0.2) is 41.8 Å². The van der Waals surface area contributed by atoms with Crippen molar-refractivity contribution in [3.63, 3.8) is 0 Å². The summed E-state index contributed by atoms with van der Waals surface area (Å²) in [5, 5.41) is 2.73. The minimum absolute atomic E-state index is 0.0546. The van der Waals surface area contributed by atoms with Crippen molar-refractivity contribution >= 4 is 15.9 Å². The number of unbranched alkanes of at least 4 members (excludes halogenated alkanes) is 1. The van der Waals surface area contributed by atoms with Crippen LogP contribution in [0.1, 0.15) is 23.2 Å². The molecule has 0 unspecified atom stereocenters. The third-order valence-corrected chi connectivity index (χ3v) is 4.16. The molecular weight excluding hydrogens is 290 g/mol. The van der Waals surface area contributed by atoms with E-state index in [-0.39, 0.29) is 17.3 Å². The normalized spacial score (nSPS) is 11.1. The number of hydrogen-bond donors (Lipinski definition) is 3. The first-order valence-electron chi connectivity index (χ1n) is 6.70. The van der Waals surface area contributed by atoms with Crippen molar-refractivity contribution in [3.8, 4) is 0 Å². The molecular formula is C14H21N3O3S. The first kappa shape index (κ1) is 17.4. The summed E-state index contributed by atoms with van der Waals surface area (Å²) in [4.78, 5) is 12.0. The monoisotopic (exact) mass is 311 g/mol. The molecule has 1 rings (SSSR count). The molecule has 0 fully saturated rings. The number of rotatable bonds is 9. The predicted octanol–water partition coefficient (Wildman–Crippen LogP) is 0.620. The highest BCUT2D eigenvalue weighted by Crippen LogP contribution is 2.11. The molecule has 6 nitrogen and oxygen atoms in total. The van der Waals surface area contributed by atoms with Crippen LogP contribution in [0.4, 0.5) is 0 Å². The molecule has 0 spiro atoms. The lowest BCUT2D eigenvalue weighted by Crippen LogP contribution is -2.26. The van der Waals surface area contributed by atoms with E-state index in [2.05, 4.69) is 16.6 Å². The van der Waals surface area contributed by atoms with E-state index >= 15 is 0 Å². The summed E-state index contributed by atoms with van der Waals surface area (Å²) in [5.74, 6) is -0.298. The zero-order valence-corrected chi connectivity index (χ0v) is 12.7. The fraction of sp³-hybridized carbons (Fsp3) is 0.357. The molecule has 0 atom stereocenters. The van der Waals surface area contributed by atoms with Crippen molar-refractivity contribution in [3.05, 3.63) is 42.5 Å². The molecule has 1 aromatic rings. The Morgan fingerprint density at radius 3 is 2.76 bits per heavy atom.